The van der Waals surface area contributed by atoms with Gasteiger partial charge in [0, 0.05) is 54.5 Å². The first-order chi connectivity index (χ1) is 18.9. The average Bonchev–Trinajstić information content (AvgIpc) is 2.97. The van der Waals surface area contributed by atoms with Crippen LogP contribution in [0.3, 0.4) is 0 Å². The number of carbonyl (C=O) groups is 2. The summed E-state index contributed by atoms with van der Waals surface area (Å²) < 4.78 is 10.9. The van der Waals surface area contributed by atoms with Gasteiger partial charge in [-0.2, -0.15) is 5.26 Å². The standard InChI is InChI=1S/C30H39N5O4/c1-4-39-28(36)23-6-5-7-25(18-23)34-14-16-35(17-15-34)29(37)33-24-8-9-27(38-3)26(19-24)30(20-22(2)21-31)10-12-32-13-11-30/h5-9,18-19,22,32H,4,10-17,20H2,1-3H3,(H,33,37). The number of rotatable bonds is 8. The molecule has 2 saturated heterocycles. The van der Waals surface area contributed by atoms with E-state index in [1.807, 2.05) is 48.2 Å². The molecule has 208 valence electrons. The fourth-order valence-corrected chi connectivity index (χ4v) is 5.73. The number of piperazine rings is 1. The summed E-state index contributed by atoms with van der Waals surface area (Å²) in [5.74, 6) is 0.378. The Morgan fingerprint density at radius 3 is 2.54 bits per heavy atom. The fourth-order valence-electron chi connectivity index (χ4n) is 5.73. The van der Waals surface area contributed by atoms with E-state index in [1.54, 1.807) is 20.1 Å². The number of hydrogen-bond acceptors (Lipinski definition) is 7. The van der Waals surface area contributed by atoms with Gasteiger partial charge in [-0.05, 0) is 82.6 Å². The minimum Gasteiger partial charge on any atom is -0.496 e. The molecule has 0 aromatic heterocycles. The molecule has 0 bridgehead atoms. The highest BCUT2D eigenvalue weighted by Gasteiger charge is 2.38. The normalized spacial score (nSPS) is 17.6. The third-order valence-electron chi connectivity index (χ3n) is 7.79. The van der Waals surface area contributed by atoms with Crippen molar-refractivity contribution >= 4 is 23.4 Å². The van der Waals surface area contributed by atoms with E-state index in [9.17, 15) is 14.9 Å². The summed E-state index contributed by atoms with van der Waals surface area (Å²) in [5.41, 5.74) is 3.07. The molecule has 9 nitrogen and oxygen atoms in total. The van der Waals surface area contributed by atoms with Gasteiger partial charge in [-0.15, -0.1) is 0 Å². The molecule has 2 aliphatic heterocycles. The van der Waals surface area contributed by atoms with E-state index in [4.69, 9.17) is 9.47 Å². The Labute approximate surface area is 231 Å². The third-order valence-corrected chi connectivity index (χ3v) is 7.79. The number of nitrogens with zero attached hydrogens (tertiary/aromatic N) is 3. The van der Waals surface area contributed by atoms with Crippen LogP contribution in [0.2, 0.25) is 0 Å². The lowest BCUT2D eigenvalue weighted by atomic mass is 9.68. The van der Waals surface area contributed by atoms with Crippen LogP contribution in [-0.4, -0.2) is 69.9 Å². The molecule has 1 atom stereocenters. The quantitative estimate of drug-likeness (QED) is 0.485. The first kappa shape index (κ1) is 28.2. The van der Waals surface area contributed by atoms with Crippen LogP contribution in [0, 0.1) is 17.2 Å². The lowest BCUT2D eigenvalue weighted by Gasteiger charge is -2.40. The number of esters is 1. The Hall–Kier alpha value is -3.77. The molecule has 0 spiro atoms. The number of urea groups is 1. The van der Waals surface area contributed by atoms with Gasteiger partial charge in [0.05, 0.1) is 25.3 Å². The summed E-state index contributed by atoms with van der Waals surface area (Å²) in [6.45, 7) is 8.31. The molecule has 9 heteroatoms. The van der Waals surface area contributed by atoms with Crippen LogP contribution in [0.25, 0.3) is 0 Å². The van der Waals surface area contributed by atoms with Gasteiger partial charge in [0.15, 0.2) is 0 Å². The SMILES string of the molecule is CCOC(=O)c1cccc(N2CCN(C(=O)Nc3ccc(OC)c(C4(CC(C)C#N)CCNCC4)c3)CC2)c1. The summed E-state index contributed by atoms with van der Waals surface area (Å²) in [6.07, 6.45) is 2.57. The van der Waals surface area contributed by atoms with Gasteiger partial charge in [0.1, 0.15) is 5.75 Å². The molecule has 2 aromatic carbocycles. The van der Waals surface area contributed by atoms with Gasteiger partial charge in [0.2, 0.25) is 0 Å². The second kappa shape index (κ2) is 12.9. The Morgan fingerprint density at radius 1 is 1.13 bits per heavy atom. The maximum Gasteiger partial charge on any atom is 0.338 e. The Morgan fingerprint density at radius 2 is 1.87 bits per heavy atom. The molecule has 39 heavy (non-hydrogen) atoms. The highest BCUT2D eigenvalue weighted by molar-refractivity contribution is 5.91. The maximum atomic E-state index is 13.2. The van der Waals surface area contributed by atoms with Gasteiger partial charge >= 0.3 is 12.0 Å². The number of piperidine rings is 1. The lowest BCUT2D eigenvalue weighted by molar-refractivity contribution is 0.0526. The smallest absolute Gasteiger partial charge is 0.338 e. The molecule has 2 N–H and O–H groups in total. The van der Waals surface area contributed by atoms with Crippen LogP contribution in [0.15, 0.2) is 42.5 Å². The van der Waals surface area contributed by atoms with Crippen molar-refractivity contribution in [1.82, 2.24) is 10.2 Å². The molecule has 2 aromatic rings. The molecule has 0 aliphatic carbocycles. The molecule has 4 rings (SSSR count). The fraction of sp³-hybridized carbons (Fsp3) is 0.500. The summed E-state index contributed by atoms with van der Waals surface area (Å²) in [4.78, 5) is 29.3. The summed E-state index contributed by atoms with van der Waals surface area (Å²) in [7, 11) is 1.67. The minimum absolute atomic E-state index is 0.0830. The van der Waals surface area contributed by atoms with Crippen LogP contribution in [0.5, 0.6) is 5.75 Å². The van der Waals surface area contributed by atoms with E-state index in [-0.39, 0.29) is 23.3 Å². The number of carbonyl (C=O) groups excluding carboxylic acids is 2. The predicted molar refractivity (Wildman–Crippen MR) is 151 cm³/mol. The number of nitriles is 1. The highest BCUT2D eigenvalue weighted by Crippen LogP contribution is 2.44. The van der Waals surface area contributed by atoms with E-state index >= 15 is 0 Å². The van der Waals surface area contributed by atoms with Gasteiger partial charge in [-0.3, -0.25) is 0 Å². The summed E-state index contributed by atoms with van der Waals surface area (Å²) in [5, 5.41) is 16.1. The van der Waals surface area contributed by atoms with E-state index in [0.717, 1.165) is 55.0 Å². The van der Waals surface area contributed by atoms with Crippen molar-refractivity contribution in [1.29, 1.82) is 5.26 Å². The Balaban J connectivity index is 1.44. The number of ether oxygens (including phenoxy) is 2. The van der Waals surface area contributed by atoms with Crippen LogP contribution < -0.4 is 20.3 Å². The monoisotopic (exact) mass is 533 g/mol. The average molecular weight is 534 g/mol. The van der Waals surface area contributed by atoms with Gasteiger partial charge in [-0.1, -0.05) is 6.07 Å². The molecular formula is C30H39N5O4. The lowest BCUT2D eigenvalue weighted by Crippen LogP contribution is -2.50. The molecule has 0 saturated carbocycles. The Kier molecular flexibility index (Phi) is 9.31. The molecule has 1 unspecified atom stereocenters. The van der Waals surface area contributed by atoms with Gasteiger partial charge < -0.3 is 29.9 Å². The van der Waals surface area contributed by atoms with Crippen LogP contribution >= 0.6 is 0 Å². The van der Waals surface area contributed by atoms with Crippen molar-refractivity contribution in [2.24, 2.45) is 5.92 Å². The summed E-state index contributed by atoms with van der Waals surface area (Å²) >= 11 is 0. The van der Waals surface area contributed by atoms with Crippen molar-refractivity contribution in [3.8, 4) is 11.8 Å². The second-order valence-corrected chi connectivity index (χ2v) is 10.4. The van der Waals surface area contributed by atoms with Crippen molar-refractivity contribution in [2.75, 3.05) is 63.2 Å². The van der Waals surface area contributed by atoms with Crippen molar-refractivity contribution in [2.45, 2.75) is 38.5 Å². The first-order valence-corrected chi connectivity index (χ1v) is 13.8. The highest BCUT2D eigenvalue weighted by atomic mass is 16.5. The topological polar surface area (TPSA) is 107 Å². The van der Waals surface area contributed by atoms with Crippen molar-refractivity contribution < 1.29 is 19.1 Å². The zero-order valence-corrected chi connectivity index (χ0v) is 23.2. The van der Waals surface area contributed by atoms with E-state index < -0.39 is 0 Å². The molecule has 2 heterocycles. The summed E-state index contributed by atoms with van der Waals surface area (Å²) in [6, 6.07) is 15.5. The number of amides is 2. The molecule has 0 radical (unpaired) electrons. The number of hydrogen-bond donors (Lipinski definition) is 2. The number of anilines is 2. The number of benzene rings is 2. The van der Waals surface area contributed by atoms with Crippen LogP contribution in [0.4, 0.5) is 16.2 Å². The van der Waals surface area contributed by atoms with Crippen LogP contribution in [-0.2, 0) is 10.2 Å². The van der Waals surface area contributed by atoms with E-state index in [2.05, 4.69) is 21.6 Å². The maximum absolute atomic E-state index is 13.2. The Bertz CT molecular complexity index is 1200. The second-order valence-electron chi connectivity index (χ2n) is 10.4. The largest absolute Gasteiger partial charge is 0.496 e. The van der Waals surface area contributed by atoms with Crippen LogP contribution in [0.1, 0.15) is 49.0 Å². The zero-order valence-electron chi connectivity index (χ0n) is 23.2. The van der Waals surface area contributed by atoms with Crippen molar-refractivity contribution in [3.63, 3.8) is 0 Å². The molecule has 2 aliphatic rings. The van der Waals surface area contributed by atoms with Gasteiger partial charge in [-0.25, -0.2) is 9.59 Å². The first-order valence-electron chi connectivity index (χ1n) is 13.8. The third kappa shape index (κ3) is 6.63. The predicted octanol–water partition coefficient (Wildman–Crippen LogP) is 4.40. The number of nitrogens with one attached hydrogen (secondary N) is 2. The van der Waals surface area contributed by atoms with Crippen molar-refractivity contribution in [3.05, 3.63) is 53.6 Å². The van der Waals surface area contributed by atoms with Gasteiger partial charge in [0.25, 0.3) is 0 Å². The molecular weight excluding hydrogens is 494 g/mol. The molecule has 2 amide bonds. The molecule has 2 fully saturated rings. The number of methoxy groups -OCH3 is 1. The van der Waals surface area contributed by atoms with E-state index in [0.29, 0.717) is 38.3 Å². The van der Waals surface area contributed by atoms with E-state index in [1.165, 1.54) is 0 Å². The minimum atomic E-state index is -0.329. The zero-order chi connectivity index (χ0) is 27.8.